The Kier molecular flexibility index (Phi) is 3.99. The van der Waals surface area contributed by atoms with Gasteiger partial charge < -0.3 is 10.3 Å². The fraction of sp³-hybridized carbons (Fsp3) is 0.154. The van der Waals surface area contributed by atoms with E-state index in [9.17, 15) is 9.90 Å². The van der Waals surface area contributed by atoms with Crippen LogP contribution in [-0.2, 0) is 0 Å². The van der Waals surface area contributed by atoms with Gasteiger partial charge in [-0.1, -0.05) is 11.2 Å². The molecule has 1 aromatic carbocycles. The lowest BCUT2D eigenvalue weighted by Gasteiger charge is -2.04. The molecule has 0 radical (unpaired) electrons. The lowest BCUT2D eigenvalue weighted by Crippen LogP contribution is -2.12. The average Bonchev–Trinajstić information content (AvgIpc) is 2.89. The number of thiazole rings is 1. The van der Waals surface area contributed by atoms with Crippen LogP contribution in [-0.4, -0.2) is 26.9 Å². The van der Waals surface area contributed by atoms with Gasteiger partial charge in [-0.25, -0.2) is 4.98 Å². The highest BCUT2D eigenvalue weighted by molar-refractivity contribution is 7.14. The second-order valence-corrected chi connectivity index (χ2v) is 5.04. The van der Waals surface area contributed by atoms with Crippen molar-refractivity contribution in [3.05, 3.63) is 40.4 Å². The molecule has 0 atom stereocenters. The van der Waals surface area contributed by atoms with E-state index in [1.807, 2.05) is 0 Å². The van der Waals surface area contributed by atoms with Gasteiger partial charge in [0.05, 0.1) is 0 Å². The van der Waals surface area contributed by atoms with Crippen molar-refractivity contribution in [2.75, 3.05) is 5.32 Å². The molecule has 20 heavy (non-hydrogen) atoms. The number of aryl methyl sites for hydroxylation is 1. The third-order valence-electron chi connectivity index (χ3n) is 2.72. The molecular formula is C13H13N3O3S. The summed E-state index contributed by atoms with van der Waals surface area (Å²) in [6.45, 7) is 3.36. The predicted molar refractivity (Wildman–Crippen MR) is 76.9 cm³/mol. The number of aromatic hydroxyl groups is 1. The Morgan fingerprint density at radius 1 is 1.45 bits per heavy atom. The molecule has 1 aromatic heterocycles. The van der Waals surface area contributed by atoms with E-state index in [0.29, 0.717) is 27.7 Å². The Hall–Kier alpha value is -2.41. The van der Waals surface area contributed by atoms with Crippen molar-refractivity contribution in [1.82, 2.24) is 4.98 Å². The van der Waals surface area contributed by atoms with Gasteiger partial charge in [0, 0.05) is 10.9 Å². The van der Waals surface area contributed by atoms with Crippen molar-refractivity contribution in [2.24, 2.45) is 5.16 Å². The van der Waals surface area contributed by atoms with Gasteiger partial charge in [0.1, 0.15) is 17.2 Å². The number of hydrogen-bond donors (Lipinski definition) is 3. The molecule has 1 heterocycles. The van der Waals surface area contributed by atoms with E-state index in [4.69, 9.17) is 5.21 Å². The summed E-state index contributed by atoms with van der Waals surface area (Å²) in [7, 11) is 0. The molecule has 1 amide bonds. The molecule has 6 nitrogen and oxygen atoms in total. The molecular weight excluding hydrogens is 278 g/mol. The summed E-state index contributed by atoms with van der Waals surface area (Å²) in [4.78, 5) is 16.1. The fourth-order valence-electron chi connectivity index (χ4n) is 1.47. The number of phenols is 1. The van der Waals surface area contributed by atoms with E-state index >= 15 is 0 Å². The van der Waals surface area contributed by atoms with Gasteiger partial charge in [-0.05, 0) is 31.5 Å². The maximum Gasteiger partial charge on any atom is 0.257 e. The van der Waals surface area contributed by atoms with Crippen LogP contribution in [0.4, 0.5) is 5.13 Å². The molecule has 0 bridgehead atoms. The minimum atomic E-state index is -0.361. The first kappa shape index (κ1) is 14.0. The molecule has 0 aliphatic carbocycles. The third kappa shape index (κ3) is 2.94. The van der Waals surface area contributed by atoms with Gasteiger partial charge in [-0.15, -0.1) is 11.3 Å². The fourth-order valence-corrected chi connectivity index (χ4v) is 2.22. The van der Waals surface area contributed by atoms with E-state index in [2.05, 4.69) is 15.5 Å². The molecule has 0 fully saturated rings. The highest BCUT2D eigenvalue weighted by Crippen LogP contribution is 2.20. The number of benzene rings is 1. The molecule has 0 spiro atoms. The maximum absolute atomic E-state index is 12.0. The van der Waals surface area contributed by atoms with Crippen molar-refractivity contribution in [1.29, 1.82) is 0 Å². The van der Waals surface area contributed by atoms with Crippen LogP contribution in [0, 0.1) is 6.92 Å². The van der Waals surface area contributed by atoms with Crippen molar-refractivity contribution < 1.29 is 15.1 Å². The first-order valence-corrected chi connectivity index (χ1v) is 6.64. The molecule has 0 saturated heterocycles. The molecule has 0 aliphatic rings. The maximum atomic E-state index is 12.0. The van der Waals surface area contributed by atoms with Crippen molar-refractivity contribution in [3.8, 4) is 5.75 Å². The molecule has 2 rings (SSSR count). The minimum absolute atomic E-state index is 0.0701. The van der Waals surface area contributed by atoms with Crippen LogP contribution in [0.15, 0.2) is 28.7 Å². The molecule has 0 saturated carbocycles. The number of anilines is 1. The summed E-state index contributed by atoms with van der Waals surface area (Å²) in [6, 6.07) is 4.69. The lowest BCUT2D eigenvalue weighted by molar-refractivity contribution is 0.102. The molecule has 0 aliphatic heterocycles. The van der Waals surface area contributed by atoms with Crippen LogP contribution in [0.1, 0.15) is 28.5 Å². The van der Waals surface area contributed by atoms with E-state index in [-0.39, 0.29) is 11.7 Å². The number of phenolic OH excluding ortho intramolecular Hbond substituents is 1. The molecule has 7 heteroatoms. The Balaban J connectivity index is 2.15. The Morgan fingerprint density at radius 3 is 2.85 bits per heavy atom. The van der Waals surface area contributed by atoms with E-state index < -0.39 is 0 Å². The quantitative estimate of drug-likeness (QED) is 0.460. The zero-order valence-corrected chi connectivity index (χ0v) is 11.7. The van der Waals surface area contributed by atoms with Crippen LogP contribution in [0.25, 0.3) is 0 Å². The van der Waals surface area contributed by atoms with Gasteiger partial charge in [0.25, 0.3) is 5.91 Å². The molecule has 3 N–H and O–H groups in total. The summed E-state index contributed by atoms with van der Waals surface area (Å²) >= 11 is 1.23. The Labute approximate surface area is 119 Å². The topological polar surface area (TPSA) is 94.8 Å². The normalized spacial score (nSPS) is 11.4. The largest absolute Gasteiger partial charge is 0.508 e. The number of hydrogen-bond acceptors (Lipinski definition) is 6. The second kappa shape index (κ2) is 5.70. The number of rotatable bonds is 3. The number of amides is 1. The van der Waals surface area contributed by atoms with E-state index in [1.165, 1.54) is 17.4 Å². The number of carbonyl (C=O) groups is 1. The first-order chi connectivity index (χ1) is 9.51. The second-order valence-electron chi connectivity index (χ2n) is 4.18. The monoisotopic (exact) mass is 291 g/mol. The zero-order chi connectivity index (χ0) is 14.7. The van der Waals surface area contributed by atoms with Crippen molar-refractivity contribution in [2.45, 2.75) is 13.8 Å². The van der Waals surface area contributed by atoms with Crippen LogP contribution >= 0.6 is 11.3 Å². The summed E-state index contributed by atoms with van der Waals surface area (Å²) in [5, 5.41) is 26.0. The van der Waals surface area contributed by atoms with Gasteiger partial charge in [0.15, 0.2) is 5.13 Å². The van der Waals surface area contributed by atoms with Crippen LogP contribution in [0.3, 0.4) is 0 Å². The summed E-state index contributed by atoms with van der Waals surface area (Å²) < 4.78 is 0. The van der Waals surface area contributed by atoms with Gasteiger partial charge in [0.2, 0.25) is 0 Å². The van der Waals surface area contributed by atoms with E-state index in [0.717, 1.165) is 0 Å². The van der Waals surface area contributed by atoms with Crippen LogP contribution in [0.5, 0.6) is 5.75 Å². The van der Waals surface area contributed by atoms with Gasteiger partial charge >= 0.3 is 0 Å². The Bertz CT molecular complexity index is 679. The van der Waals surface area contributed by atoms with Gasteiger partial charge in [-0.2, -0.15) is 0 Å². The molecule has 104 valence electrons. The van der Waals surface area contributed by atoms with E-state index in [1.54, 1.807) is 31.4 Å². The number of carbonyl (C=O) groups excluding carboxylic acids is 1. The predicted octanol–water partition coefficient (Wildman–Crippen LogP) is 2.61. The SMILES string of the molecule is CC(=NO)c1csc(NC(=O)c2ccc(C)c(O)c2)n1. The number of oxime groups is 1. The number of aromatic nitrogens is 1. The zero-order valence-electron chi connectivity index (χ0n) is 10.9. The van der Waals surface area contributed by atoms with Crippen LogP contribution in [0.2, 0.25) is 0 Å². The van der Waals surface area contributed by atoms with Gasteiger partial charge in [-0.3, -0.25) is 10.1 Å². The first-order valence-electron chi connectivity index (χ1n) is 5.77. The lowest BCUT2D eigenvalue weighted by atomic mass is 10.1. The summed E-state index contributed by atoms with van der Waals surface area (Å²) in [5.74, 6) is -0.291. The number of nitrogens with zero attached hydrogens (tertiary/aromatic N) is 2. The number of nitrogens with one attached hydrogen (secondary N) is 1. The van der Waals surface area contributed by atoms with Crippen LogP contribution < -0.4 is 5.32 Å². The molecule has 2 aromatic rings. The summed E-state index contributed by atoms with van der Waals surface area (Å²) in [6.07, 6.45) is 0. The molecule has 0 unspecified atom stereocenters. The summed E-state index contributed by atoms with van der Waals surface area (Å²) in [5.41, 5.74) is 1.92. The third-order valence-corrected chi connectivity index (χ3v) is 3.47. The van der Waals surface area contributed by atoms with Crippen molar-refractivity contribution in [3.63, 3.8) is 0 Å². The standard InChI is InChI=1S/C13H13N3O3S/c1-7-3-4-9(5-11(7)17)12(18)15-13-14-10(6-20-13)8(2)16-19/h3-6,17,19H,1-2H3,(H,14,15,18). The Morgan fingerprint density at radius 2 is 2.20 bits per heavy atom. The highest BCUT2D eigenvalue weighted by Gasteiger charge is 2.11. The van der Waals surface area contributed by atoms with Crippen molar-refractivity contribution >= 4 is 28.1 Å². The smallest absolute Gasteiger partial charge is 0.257 e. The highest BCUT2D eigenvalue weighted by atomic mass is 32.1. The average molecular weight is 291 g/mol. The minimum Gasteiger partial charge on any atom is -0.508 e.